The van der Waals surface area contributed by atoms with Crippen molar-refractivity contribution in [1.29, 1.82) is 0 Å². The Morgan fingerprint density at radius 1 is 1.22 bits per heavy atom. The maximum Gasteiger partial charge on any atom is 0.254 e. The highest BCUT2D eigenvalue weighted by Gasteiger charge is 2.24. The molecule has 0 saturated carbocycles. The van der Waals surface area contributed by atoms with E-state index in [-0.39, 0.29) is 30.2 Å². The van der Waals surface area contributed by atoms with Crippen molar-refractivity contribution in [3.8, 4) is 11.5 Å². The summed E-state index contributed by atoms with van der Waals surface area (Å²) < 4.78 is 13.0. The Hall–Kier alpha value is -3.42. The number of hydrogen-bond donors (Lipinski definition) is 1. The summed E-state index contributed by atoms with van der Waals surface area (Å²) in [6, 6.07) is 5.87. The number of rotatable bonds is 3. The Morgan fingerprint density at radius 2 is 2.04 bits per heavy atom. The Labute approximate surface area is 153 Å². The predicted molar refractivity (Wildman–Crippen MR) is 95.1 cm³/mol. The van der Waals surface area contributed by atoms with Crippen molar-refractivity contribution in [2.75, 3.05) is 6.54 Å². The first-order chi connectivity index (χ1) is 13.1. The zero-order valence-electron chi connectivity index (χ0n) is 14.4. The van der Waals surface area contributed by atoms with Crippen molar-refractivity contribution in [2.24, 2.45) is 0 Å². The summed E-state index contributed by atoms with van der Waals surface area (Å²) in [7, 11) is 0. The number of fused-ring (bicyclic) bond motifs is 1. The Balaban J connectivity index is 1.56. The van der Waals surface area contributed by atoms with Gasteiger partial charge in [0.15, 0.2) is 5.82 Å². The molecule has 3 aromatic rings. The molecule has 4 rings (SSSR count). The van der Waals surface area contributed by atoms with Crippen LogP contribution >= 0.6 is 0 Å². The lowest BCUT2D eigenvalue weighted by atomic mass is 10.0. The lowest BCUT2D eigenvalue weighted by molar-refractivity contribution is -0.131. The Morgan fingerprint density at radius 3 is 2.78 bits per heavy atom. The minimum Gasteiger partial charge on any atom is -0.336 e. The average Bonchev–Trinajstić information content (AvgIpc) is 2.70. The van der Waals surface area contributed by atoms with Crippen LogP contribution in [0.3, 0.4) is 0 Å². The van der Waals surface area contributed by atoms with Crippen LogP contribution in [-0.2, 0) is 24.2 Å². The summed E-state index contributed by atoms with van der Waals surface area (Å²) in [5, 5.41) is 0. The van der Waals surface area contributed by atoms with Crippen molar-refractivity contribution < 1.29 is 9.18 Å². The summed E-state index contributed by atoms with van der Waals surface area (Å²) in [6.45, 7) is 0.703. The molecular formula is C19H16FN5O2. The summed E-state index contributed by atoms with van der Waals surface area (Å²) in [6.07, 6.45) is 5.19. The van der Waals surface area contributed by atoms with Gasteiger partial charge in [-0.3, -0.25) is 14.6 Å². The fourth-order valence-corrected chi connectivity index (χ4v) is 3.08. The van der Waals surface area contributed by atoms with Crippen molar-refractivity contribution in [2.45, 2.75) is 19.4 Å². The van der Waals surface area contributed by atoms with Crippen LogP contribution in [0.4, 0.5) is 4.39 Å². The van der Waals surface area contributed by atoms with Crippen LogP contribution in [0.2, 0.25) is 0 Å². The van der Waals surface area contributed by atoms with E-state index in [0.29, 0.717) is 35.7 Å². The normalized spacial score (nSPS) is 13.3. The van der Waals surface area contributed by atoms with Crippen LogP contribution in [-0.4, -0.2) is 37.3 Å². The standard InChI is InChI=1S/C19H16FN5O2/c20-13-3-1-12(2-4-13)9-17(26)25-8-5-14-16(11-25)23-18(24-19(14)27)15-10-21-6-7-22-15/h1-4,6-7,10H,5,8-9,11H2,(H,23,24,27). The van der Waals surface area contributed by atoms with Crippen LogP contribution in [0.5, 0.6) is 0 Å². The first kappa shape index (κ1) is 17.0. The van der Waals surface area contributed by atoms with Gasteiger partial charge in [0.25, 0.3) is 5.56 Å². The Kier molecular flexibility index (Phi) is 4.45. The zero-order valence-corrected chi connectivity index (χ0v) is 14.4. The van der Waals surface area contributed by atoms with E-state index in [0.717, 1.165) is 5.56 Å². The fraction of sp³-hybridized carbons (Fsp3) is 0.211. The number of nitrogens with one attached hydrogen (secondary N) is 1. The van der Waals surface area contributed by atoms with Crippen molar-refractivity contribution >= 4 is 5.91 Å². The summed E-state index contributed by atoms with van der Waals surface area (Å²) in [5.41, 5.74) is 2.15. The van der Waals surface area contributed by atoms with Gasteiger partial charge in [0, 0.05) is 24.5 Å². The number of benzene rings is 1. The molecule has 0 aliphatic carbocycles. The average molecular weight is 365 g/mol. The quantitative estimate of drug-likeness (QED) is 0.759. The smallest absolute Gasteiger partial charge is 0.254 e. The molecule has 8 heteroatoms. The van der Waals surface area contributed by atoms with Gasteiger partial charge in [0.05, 0.1) is 24.9 Å². The molecule has 3 heterocycles. The first-order valence-corrected chi connectivity index (χ1v) is 8.51. The summed E-state index contributed by atoms with van der Waals surface area (Å²) in [5.74, 6) is -0.0897. The molecule has 7 nitrogen and oxygen atoms in total. The minimum absolute atomic E-state index is 0.0876. The molecule has 1 aliphatic rings. The van der Waals surface area contributed by atoms with E-state index < -0.39 is 0 Å². The fourth-order valence-electron chi connectivity index (χ4n) is 3.08. The lowest BCUT2D eigenvalue weighted by Crippen LogP contribution is -2.40. The number of halogens is 1. The Bertz CT molecular complexity index is 1030. The summed E-state index contributed by atoms with van der Waals surface area (Å²) in [4.78, 5) is 42.0. The zero-order chi connectivity index (χ0) is 18.8. The van der Waals surface area contributed by atoms with Gasteiger partial charge >= 0.3 is 0 Å². The molecule has 0 bridgehead atoms. The van der Waals surface area contributed by atoms with E-state index in [4.69, 9.17) is 0 Å². The third-order valence-corrected chi connectivity index (χ3v) is 4.50. The highest BCUT2D eigenvalue weighted by molar-refractivity contribution is 5.79. The van der Waals surface area contributed by atoms with Gasteiger partial charge in [-0.15, -0.1) is 0 Å². The van der Waals surface area contributed by atoms with Gasteiger partial charge in [-0.05, 0) is 24.1 Å². The highest BCUT2D eigenvalue weighted by Crippen LogP contribution is 2.18. The van der Waals surface area contributed by atoms with Crippen molar-refractivity contribution in [3.63, 3.8) is 0 Å². The maximum absolute atomic E-state index is 13.0. The van der Waals surface area contributed by atoms with Crippen LogP contribution < -0.4 is 5.56 Å². The van der Waals surface area contributed by atoms with Crippen LogP contribution in [0.15, 0.2) is 47.7 Å². The number of nitrogens with zero attached hydrogens (tertiary/aromatic N) is 4. The predicted octanol–water partition coefficient (Wildman–Crippen LogP) is 1.49. The molecule has 2 aromatic heterocycles. The minimum atomic E-state index is -0.335. The number of aromatic nitrogens is 4. The van der Waals surface area contributed by atoms with Gasteiger partial charge in [-0.2, -0.15) is 0 Å². The van der Waals surface area contributed by atoms with Gasteiger partial charge in [-0.25, -0.2) is 14.4 Å². The second-order valence-electron chi connectivity index (χ2n) is 6.30. The van der Waals surface area contributed by atoms with E-state index in [1.165, 1.54) is 30.7 Å². The highest BCUT2D eigenvalue weighted by atomic mass is 19.1. The van der Waals surface area contributed by atoms with Crippen molar-refractivity contribution in [3.05, 3.63) is 75.8 Å². The largest absolute Gasteiger partial charge is 0.336 e. The first-order valence-electron chi connectivity index (χ1n) is 8.51. The molecule has 0 unspecified atom stereocenters. The molecule has 0 saturated heterocycles. The molecule has 0 fully saturated rings. The molecule has 0 spiro atoms. The maximum atomic E-state index is 13.0. The van der Waals surface area contributed by atoms with E-state index in [2.05, 4.69) is 19.9 Å². The molecule has 1 amide bonds. The summed E-state index contributed by atoms with van der Waals surface area (Å²) >= 11 is 0. The third kappa shape index (κ3) is 3.59. The molecule has 27 heavy (non-hydrogen) atoms. The van der Waals surface area contributed by atoms with E-state index in [1.807, 2.05) is 0 Å². The van der Waals surface area contributed by atoms with Crippen LogP contribution in [0, 0.1) is 5.82 Å². The second kappa shape index (κ2) is 7.06. The third-order valence-electron chi connectivity index (χ3n) is 4.50. The molecular weight excluding hydrogens is 349 g/mol. The van der Waals surface area contributed by atoms with E-state index in [9.17, 15) is 14.0 Å². The number of hydrogen-bond acceptors (Lipinski definition) is 5. The number of aromatic amines is 1. The van der Waals surface area contributed by atoms with Crippen LogP contribution in [0.1, 0.15) is 16.8 Å². The molecule has 136 valence electrons. The van der Waals surface area contributed by atoms with E-state index in [1.54, 1.807) is 17.0 Å². The van der Waals surface area contributed by atoms with Gasteiger partial charge in [0.1, 0.15) is 11.5 Å². The van der Waals surface area contributed by atoms with Crippen molar-refractivity contribution in [1.82, 2.24) is 24.8 Å². The molecule has 1 aliphatic heterocycles. The number of amides is 1. The van der Waals surface area contributed by atoms with Gasteiger partial charge < -0.3 is 9.88 Å². The number of carbonyl (C=O) groups is 1. The SMILES string of the molecule is O=C(Cc1ccc(F)cc1)N1CCc2c(nc(-c3cnccn3)[nH]c2=O)C1. The van der Waals surface area contributed by atoms with E-state index >= 15 is 0 Å². The monoisotopic (exact) mass is 365 g/mol. The molecule has 1 N–H and O–H groups in total. The second-order valence-corrected chi connectivity index (χ2v) is 6.30. The van der Waals surface area contributed by atoms with Crippen LogP contribution in [0.25, 0.3) is 11.5 Å². The van der Waals surface area contributed by atoms with Gasteiger partial charge in [0.2, 0.25) is 5.91 Å². The number of carbonyl (C=O) groups excluding carboxylic acids is 1. The molecule has 0 atom stereocenters. The lowest BCUT2D eigenvalue weighted by Gasteiger charge is -2.28. The topological polar surface area (TPSA) is 91.8 Å². The molecule has 1 aromatic carbocycles. The molecule has 0 radical (unpaired) electrons. The number of H-pyrrole nitrogens is 1. The van der Waals surface area contributed by atoms with Gasteiger partial charge in [-0.1, -0.05) is 12.1 Å².